The van der Waals surface area contributed by atoms with Crippen LogP contribution in [-0.4, -0.2) is 59.8 Å². The zero-order chi connectivity index (χ0) is 19.0. The summed E-state index contributed by atoms with van der Waals surface area (Å²) >= 11 is 6.18. The summed E-state index contributed by atoms with van der Waals surface area (Å²) in [5.41, 5.74) is 1.83. The fraction of sp³-hybridized carbons (Fsp3) is 0.353. The molecule has 4 atom stereocenters. The van der Waals surface area contributed by atoms with Crippen LogP contribution in [0, 0.1) is 0 Å². The van der Waals surface area contributed by atoms with Gasteiger partial charge in [0.15, 0.2) is 23.2 Å². The van der Waals surface area contributed by atoms with Crippen molar-refractivity contribution in [3.63, 3.8) is 0 Å². The van der Waals surface area contributed by atoms with Gasteiger partial charge in [-0.3, -0.25) is 4.57 Å². The van der Waals surface area contributed by atoms with E-state index in [0.717, 1.165) is 5.56 Å². The van der Waals surface area contributed by atoms with Crippen LogP contribution in [0.15, 0.2) is 36.9 Å². The molecule has 0 saturated carbocycles. The number of hydrogen-bond donors (Lipinski definition) is 4. The molecule has 9 nitrogen and oxygen atoms in total. The largest absolute Gasteiger partial charge is 0.394 e. The molecule has 142 valence electrons. The highest BCUT2D eigenvalue weighted by atomic mass is 35.5. The second-order valence-electron chi connectivity index (χ2n) is 6.22. The van der Waals surface area contributed by atoms with Gasteiger partial charge in [0.05, 0.1) is 12.9 Å². The highest BCUT2D eigenvalue weighted by Gasteiger charge is 2.44. The van der Waals surface area contributed by atoms with Crippen LogP contribution in [0.3, 0.4) is 0 Å². The molecule has 0 amide bonds. The number of aliphatic hydroxyl groups is 3. The average molecular weight is 392 g/mol. The number of aromatic nitrogens is 4. The molecule has 27 heavy (non-hydrogen) atoms. The van der Waals surface area contributed by atoms with Crippen LogP contribution in [0.1, 0.15) is 11.8 Å². The summed E-state index contributed by atoms with van der Waals surface area (Å²) in [7, 11) is 0. The molecule has 1 fully saturated rings. The van der Waals surface area contributed by atoms with Crippen molar-refractivity contribution in [3.8, 4) is 0 Å². The molecule has 2 aromatic heterocycles. The van der Waals surface area contributed by atoms with Crippen molar-refractivity contribution in [3.05, 3.63) is 47.5 Å². The second kappa shape index (κ2) is 7.37. The minimum Gasteiger partial charge on any atom is -0.394 e. The number of ether oxygens (including phenoxy) is 1. The van der Waals surface area contributed by atoms with Crippen LogP contribution >= 0.6 is 11.6 Å². The molecule has 10 heteroatoms. The van der Waals surface area contributed by atoms with E-state index in [1.165, 1.54) is 17.2 Å². The van der Waals surface area contributed by atoms with E-state index in [9.17, 15) is 15.3 Å². The Hall–Kier alpha value is -2.30. The van der Waals surface area contributed by atoms with Crippen LogP contribution < -0.4 is 5.32 Å². The number of imidazole rings is 1. The number of fused-ring (bicyclic) bond motifs is 1. The van der Waals surface area contributed by atoms with Gasteiger partial charge in [-0.2, -0.15) is 0 Å². The lowest BCUT2D eigenvalue weighted by atomic mass is 10.1. The highest BCUT2D eigenvalue weighted by molar-refractivity contribution is 6.31. The van der Waals surface area contributed by atoms with Crippen molar-refractivity contribution in [2.75, 3.05) is 11.9 Å². The number of nitrogens with zero attached hydrogens (tertiary/aromatic N) is 4. The minimum atomic E-state index is -1.21. The van der Waals surface area contributed by atoms with E-state index in [1.807, 2.05) is 24.3 Å². The smallest absolute Gasteiger partial charge is 0.167 e. The van der Waals surface area contributed by atoms with Crippen molar-refractivity contribution < 1.29 is 20.1 Å². The minimum absolute atomic E-state index is 0.402. The van der Waals surface area contributed by atoms with Crippen LogP contribution in [0.4, 0.5) is 5.82 Å². The summed E-state index contributed by atoms with van der Waals surface area (Å²) in [6, 6.07) is 7.47. The molecule has 4 N–H and O–H groups in total. The number of halogens is 1. The van der Waals surface area contributed by atoms with Gasteiger partial charge in [0, 0.05) is 11.6 Å². The third-order valence-corrected chi connectivity index (χ3v) is 4.92. The monoisotopic (exact) mass is 391 g/mol. The van der Waals surface area contributed by atoms with Gasteiger partial charge in [0.1, 0.15) is 24.6 Å². The first kappa shape index (κ1) is 18.1. The van der Waals surface area contributed by atoms with Gasteiger partial charge in [-0.1, -0.05) is 29.8 Å². The van der Waals surface area contributed by atoms with Crippen molar-refractivity contribution in [2.24, 2.45) is 0 Å². The van der Waals surface area contributed by atoms with Gasteiger partial charge in [-0.25, -0.2) is 15.0 Å². The van der Waals surface area contributed by atoms with E-state index in [1.54, 1.807) is 0 Å². The van der Waals surface area contributed by atoms with E-state index < -0.39 is 31.1 Å². The first-order valence-electron chi connectivity index (χ1n) is 8.37. The Bertz CT molecular complexity index is 952. The van der Waals surface area contributed by atoms with Crippen molar-refractivity contribution in [2.45, 2.75) is 31.1 Å². The van der Waals surface area contributed by atoms with E-state index in [0.29, 0.717) is 28.5 Å². The maximum atomic E-state index is 10.2. The van der Waals surface area contributed by atoms with Gasteiger partial charge in [-0.15, -0.1) is 0 Å². The zero-order valence-electron chi connectivity index (χ0n) is 14.1. The summed E-state index contributed by atoms with van der Waals surface area (Å²) in [5.74, 6) is 0.505. The first-order valence-corrected chi connectivity index (χ1v) is 8.75. The van der Waals surface area contributed by atoms with Crippen LogP contribution in [0.2, 0.25) is 5.02 Å². The molecule has 1 saturated heterocycles. The molecular formula is C17H18ClN5O4. The molecule has 0 aliphatic carbocycles. The maximum Gasteiger partial charge on any atom is 0.167 e. The third-order valence-electron chi connectivity index (χ3n) is 4.55. The van der Waals surface area contributed by atoms with Crippen LogP contribution in [0.5, 0.6) is 0 Å². The molecule has 1 aliphatic heterocycles. The predicted molar refractivity (Wildman–Crippen MR) is 97.1 cm³/mol. The number of hydrogen-bond acceptors (Lipinski definition) is 8. The number of anilines is 1. The SMILES string of the molecule is OC[C@H]1OC(n2cnc3c(NCc4ccccc4Cl)ncnc32)[C@H](O)[C@@H]1O. The molecule has 3 heterocycles. The van der Waals surface area contributed by atoms with E-state index in [4.69, 9.17) is 16.3 Å². The zero-order valence-corrected chi connectivity index (χ0v) is 14.9. The normalized spacial score (nSPS) is 25.2. The Balaban J connectivity index is 1.61. The summed E-state index contributed by atoms with van der Waals surface area (Å²) in [6.07, 6.45) is -1.36. The lowest BCUT2D eigenvalue weighted by Crippen LogP contribution is -2.33. The Kier molecular flexibility index (Phi) is 4.94. The Morgan fingerprint density at radius 2 is 1.96 bits per heavy atom. The maximum absolute atomic E-state index is 10.2. The van der Waals surface area contributed by atoms with Crippen LogP contribution in [-0.2, 0) is 11.3 Å². The summed E-state index contributed by atoms with van der Waals surface area (Å²) in [4.78, 5) is 12.8. The highest BCUT2D eigenvalue weighted by Crippen LogP contribution is 2.32. The number of benzene rings is 1. The van der Waals surface area contributed by atoms with E-state index in [2.05, 4.69) is 20.3 Å². The standard InChI is InChI=1S/C17H18ClN5O4/c18-10-4-2-1-3-9(10)5-19-15-12-16(21-7-20-15)23(8-22-12)17-14(26)13(25)11(6-24)27-17/h1-4,7-8,11,13-14,17,24-26H,5-6H2,(H,19,20,21)/t11-,13-,14-,17?/m1/s1. The van der Waals surface area contributed by atoms with Crippen molar-refractivity contribution in [1.82, 2.24) is 19.5 Å². The molecule has 4 rings (SSSR count). The fourth-order valence-corrected chi connectivity index (χ4v) is 3.30. The Labute approximate surface area is 159 Å². The van der Waals surface area contributed by atoms with E-state index >= 15 is 0 Å². The second-order valence-corrected chi connectivity index (χ2v) is 6.63. The summed E-state index contributed by atoms with van der Waals surface area (Å²) in [5, 5.41) is 33.3. The number of nitrogens with one attached hydrogen (secondary N) is 1. The molecule has 0 radical (unpaired) electrons. The summed E-state index contributed by atoms with van der Waals surface area (Å²) < 4.78 is 7.06. The molecule has 1 aromatic carbocycles. The van der Waals surface area contributed by atoms with Gasteiger partial charge < -0.3 is 25.4 Å². The Morgan fingerprint density at radius 1 is 1.15 bits per heavy atom. The lowest BCUT2D eigenvalue weighted by molar-refractivity contribution is -0.0511. The molecule has 3 aromatic rings. The van der Waals surface area contributed by atoms with Crippen molar-refractivity contribution in [1.29, 1.82) is 0 Å². The van der Waals surface area contributed by atoms with Crippen LogP contribution in [0.25, 0.3) is 11.2 Å². The van der Waals surface area contributed by atoms with Gasteiger partial charge in [0.2, 0.25) is 0 Å². The van der Waals surface area contributed by atoms with Gasteiger partial charge >= 0.3 is 0 Å². The quantitative estimate of drug-likeness (QED) is 0.501. The fourth-order valence-electron chi connectivity index (χ4n) is 3.10. The predicted octanol–water partition coefficient (Wildman–Crippen LogP) is 0.703. The molecule has 0 bridgehead atoms. The topological polar surface area (TPSA) is 126 Å². The van der Waals surface area contributed by atoms with Gasteiger partial charge in [0.25, 0.3) is 0 Å². The molecular weight excluding hydrogens is 374 g/mol. The molecule has 0 spiro atoms. The number of rotatable bonds is 5. The third kappa shape index (κ3) is 3.24. The van der Waals surface area contributed by atoms with Crippen molar-refractivity contribution >= 4 is 28.6 Å². The first-order chi connectivity index (χ1) is 13.1. The lowest BCUT2D eigenvalue weighted by Gasteiger charge is -2.16. The van der Waals surface area contributed by atoms with E-state index in [-0.39, 0.29) is 0 Å². The number of aliphatic hydroxyl groups excluding tert-OH is 3. The average Bonchev–Trinajstić information content (AvgIpc) is 3.23. The Morgan fingerprint density at radius 3 is 2.70 bits per heavy atom. The molecule has 1 aliphatic rings. The summed E-state index contributed by atoms with van der Waals surface area (Å²) in [6.45, 7) is 0.0491. The van der Waals surface area contributed by atoms with Gasteiger partial charge in [-0.05, 0) is 11.6 Å². The molecule has 1 unspecified atom stereocenters.